The van der Waals surface area contributed by atoms with E-state index in [-0.39, 0.29) is 24.3 Å². The molecule has 1 atom stereocenters. The quantitative estimate of drug-likeness (QED) is 0.348. The Morgan fingerprint density at radius 3 is 2.53 bits per heavy atom. The maximum atomic E-state index is 14.1. The molecule has 0 N–H and O–H groups in total. The molecule has 0 radical (unpaired) electrons. The van der Waals surface area contributed by atoms with E-state index < -0.39 is 0 Å². The van der Waals surface area contributed by atoms with Crippen molar-refractivity contribution in [2.24, 2.45) is 0 Å². The standard InChI is InChI=1S/C25H20ClF2N3O/c26-21-2-1-3-22(28)20(21)15-32-14-19-8-9-23-30-24(16-4-6-18(27)7-5-16)25(31(19)23)17-10-12-29-13-11-17/h1-7,10-13,19H,8-9,14-15H2/t19-/m0/s1. The Kier molecular flexibility index (Phi) is 5.72. The summed E-state index contributed by atoms with van der Waals surface area (Å²) in [6.07, 6.45) is 5.15. The molecule has 0 unspecified atom stereocenters. The van der Waals surface area contributed by atoms with Gasteiger partial charge >= 0.3 is 0 Å². The molecule has 0 amide bonds. The van der Waals surface area contributed by atoms with Gasteiger partial charge in [-0.25, -0.2) is 13.8 Å². The van der Waals surface area contributed by atoms with Crippen LogP contribution in [0.3, 0.4) is 0 Å². The fourth-order valence-corrected chi connectivity index (χ4v) is 4.41. The highest BCUT2D eigenvalue weighted by Gasteiger charge is 2.30. The third-order valence-corrected chi connectivity index (χ3v) is 6.09. The Bertz CT molecular complexity index is 1220. The first-order valence-corrected chi connectivity index (χ1v) is 10.8. The summed E-state index contributed by atoms with van der Waals surface area (Å²) in [5.74, 6) is 0.293. The number of pyridine rings is 1. The maximum absolute atomic E-state index is 14.1. The van der Waals surface area contributed by atoms with Crippen LogP contribution in [-0.2, 0) is 17.8 Å². The number of hydrogen-bond donors (Lipinski definition) is 0. The fourth-order valence-electron chi connectivity index (χ4n) is 4.19. The second kappa shape index (κ2) is 8.81. The predicted octanol–water partition coefficient (Wildman–Crippen LogP) is 6.25. The van der Waals surface area contributed by atoms with Gasteiger partial charge in [0.05, 0.1) is 30.6 Å². The van der Waals surface area contributed by atoms with Crippen molar-refractivity contribution in [1.82, 2.24) is 14.5 Å². The number of nitrogens with zero attached hydrogens (tertiary/aromatic N) is 3. The Morgan fingerprint density at radius 1 is 1.00 bits per heavy atom. The Hall–Kier alpha value is -3.09. The number of aryl methyl sites for hydroxylation is 1. The lowest BCUT2D eigenvalue weighted by molar-refractivity contribution is 0.0906. The molecule has 4 aromatic rings. The molecule has 162 valence electrons. The number of ether oxygens (including phenoxy) is 1. The van der Waals surface area contributed by atoms with Gasteiger partial charge in [0.2, 0.25) is 0 Å². The highest BCUT2D eigenvalue weighted by Crippen LogP contribution is 2.39. The number of aromatic nitrogens is 3. The van der Waals surface area contributed by atoms with Gasteiger partial charge in [0, 0.05) is 40.5 Å². The lowest BCUT2D eigenvalue weighted by Gasteiger charge is -2.18. The Morgan fingerprint density at radius 2 is 1.78 bits per heavy atom. The van der Waals surface area contributed by atoms with E-state index in [2.05, 4.69) is 9.55 Å². The second-order valence-electron chi connectivity index (χ2n) is 7.75. The average Bonchev–Trinajstić information content (AvgIpc) is 3.37. The summed E-state index contributed by atoms with van der Waals surface area (Å²) in [4.78, 5) is 9.02. The summed E-state index contributed by atoms with van der Waals surface area (Å²) in [6, 6.07) is 14.9. The summed E-state index contributed by atoms with van der Waals surface area (Å²) in [6.45, 7) is 0.496. The fraction of sp³-hybridized carbons (Fsp3) is 0.200. The van der Waals surface area contributed by atoms with E-state index in [1.54, 1.807) is 36.7 Å². The van der Waals surface area contributed by atoms with Crippen LogP contribution in [0.5, 0.6) is 0 Å². The van der Waals surface area contributed by atoms with E-state index in [0.29, 0.717) is 17.2 Å². The molecule has 3 heterocycles. The van der Waals surface area contributed by atoms with Gasteiger partial charge in [-0.1, -0.05) is 17.7 Å². The summed E-state index contributed by atoms with van der Waals surface area (Å²) in [5, 5.41) is 0.357. The Labute approximate surface area is 189 Å². The van der Waals surface area contributed by atoms with Gasteiger partial charge in [0.25, 0.3) is 0 Å². The summed E-state index contributed by atoms with van der Waals surface area (Å²) < 4.78 is 35.7. The predicted molar refractivity (Wildman–Crippen MR) is 119 cm³/mol. The molecule has 1 aliphatic heterocycles. The SMILES string of the molecule is Fc1ccc(-c2nc3n(c2-c2ccncc2)[C@H](COCc2c(F)cccc2Cl)CC3)cc1. The summed E-state index contributed by atoms with van der Waals surface area (Å²) in [5.41, 5.74) is 3.93. The molecule has 0 aliphatic carbocycles. The average molecular weight is 452 g/mol. The van der Waals surface area contributed by atoms with Gasteiger partial charge in [0.15, 0.2) is 0 Å². The van der Waals surface area contributed by atoms with Crippen LogP contribution in [0.2, 0.25) is 5.02 Å². The van der Waals surface area contributed by atoms with E-state index in [1.807, 2.05) is 12.1 Å². The van der Waals surface area contributed by atoms with E-state index in [0.717, 1.165) is 41.2 Å². The molecule has 0 spiro atoms. The molecule has 32 heavy (non-hydrogen) atoms. The van der Waals surface area contributed by atoms with Crippen LogP contribution in [0.15, 0.2) is 67.0 Å². The number of rotatable bonds is 6. The molecular formula is C25H20ClF2N3O. The first-order chi connectivity index (χ1) is 15.6. The van der Waals surface area contributed by atoms with E-state index >= 15 is 0 Å². The monoisotopic (exact) mass is 451 g/mol. The first kappa shape index (κ1) is 20.8. The normalized spacial score (nSPS) is 15.2. The number of fused-ring (bicyclic) bond motifs is 1. The summed E-state index contributed by atoms with van der Waals surface area (Å²) >= 11 is 6.13. The van der Waals surface area contributed by atoms with Crippen molar-refractivity contribution in [2.75, 3.05) is 6.61 Å². The van der Waals surface area contributed by atoms with Crippen LogP contribution in [0.4, 0.5) is 8.78 Å². The van der Waals surface area contributed by atoms with Gasteiger partial charge in [-0.2, -0.15) is 0 Å². The van der Waals surface area contributed by atoms with Crippen molar-refractivity contribution in [3.63, 3.8) is 0 Å². The highest BCUT2D eigenvalue weighted by molar-refractivity contribution is 6.31. The number of imidazole rings is 1. The smallest absolute Gasteiger partial charge is 0.130 e. The van der Waals surface area contributed by atoms with Gasteiger partial charge in [0.1, 0.15) is 17.5 Å². The van der Waals surface area contributed by atoms with E-state index in [9.17, 15) is 8.78 Å². The van der Waals surface area contributed by atoms with E-state index in [1.165, 1.54) is 18.2 Å². The minimum Gasteiger partial charge on any atom is -0.374 e. The largest absolute Gasteiger partial charge is 0.374 e. The van der Waals surface area contributed by atoms with Gasteiger partial charge < -0.3 is 9.30 Å². The van der Waals surface area contributed by atoms with Crippen LogP contribution in [0, 0.1) is 11.6 Å². The zero-order valence-electron chi connectivity index (χ0n) is 17.1. The zero-order valence-corrected chi connectivity index (χ0v) is 17.9. The topological polar surface area (TPSA) is 39.9 Å². The first-order valence-electron chi connectivity index (χ1n) is 10.4. The van der Waals surface area contributed by atoms with Gasteiger partial charge in [-0.3, -0.25) is 4.98 Å². The molecule has 2 aromatic carbocycles. The molecular weight excluding hydrogens is 432 g/mol. The number of benzene rings is 2. The molecule has 0 saturated carbocycles. The minimum atomic E-state index is -0.372. The van der Waals surface area contributed by atoms with Gasteiger partial charge in [-0.05, 0) is 55.0 Å². The third kappa shape index (κ3) is 3.92. The molecule has 2 aromatic heterocycles. The zero-order chi connectivity index (χ0) is 22.1. The second-order valence-corrected chi connectivity index (χ2v) is 8.15. The van der Waals surface area contributed by atoms with Crippen LogP contribution in [0.1, 0.15) is 23.9 Å². The number of halogens is 3. The molecule has 7 heteroatoms. The maximum Gasteiger partial charge on any atom is 0.130 e. The molecule has 4 nitrogen and oxygen atoms in total. The van der Waals surface area contributed by atoms with Crippen molar-refractivity contribution in [3.8, 4) is 22.5 Å². The van der Waals surface area contributed by atoms with Gasteiger partial charge in [-0.15, -0.1) is 0 Å². The molecule has 0 saturated heterocycles. The minimum absolute atomic E-state index is 0.0420. The molecule has 5 rings (SSSR count). The lowest BCUT2D eigenvalue weighted by atomic mass is 10.0. The lowest BCUT2D eigenvalue weighted by Crippen LogP contribution is -2.13. The van der Waals surface area contributed by atoms with Crippen LogP contribution < -0.4 is 0 Å². The van der Waals surface area contributed by atoms with Crippen molar-refractivity contribution in [1.29, 1.82) is 0 Å². The van der Waals surface area contributed by atoms with Crippen molar-refractivity contribution < 1.29 is 13.5 Å². The van der Waals surface area contributed by atoms with E-state index in [4.69, 9.17) is 21.3 Å². The highest BCUT2D eigenvalue weighted by atomic mass is 35.5. The summed E-state index contributed by atoms with van der Waals surface area (Å²) in [7, 11) is 0. The van der Waals surface area contributed by atoms with Crippen LogP contribution in [-0.4, -0.2) is 21.1 Å². The van der Waals surface area contributed by atoms with Crippen LogP contribution in [0.25, 0.3) is 22.5 Å². The van der Waals surface area contributed by atoms with Crippen molar-refractivity contribution in [2.45, 2.75) is 25.5 Å². The third-order valence-electron chi connectivity index (χ3n) is 5.74. The molecule has 1 aliphatic rings. The Balaban J connectivity index is 1.47. The molecule has 0 fully saturated rings. The van der Waals surface area contributed by atoms with Crippen molar-refractivity contribution >= 4 is 11.6 Å². The number of hydrogen-bond acceptors (Lipinski definition) is 3. The van der Waals surface area contributed by atoms with Crippen molar-refractivity contribution in [3.05, 3.63) is 95.0 Å². The van der Waals surface area contributed by atoms with Crippen LogP contribution >= 0.6 is 11.6 Å². The molecule has 0 bridgehead atoms.